The lowest BCUT2D eigenvalue weighted by Gasteiger charge is -2.30. The van der Waals surface area contributed by atoms with Crippen molar-refractivity contribution in [3.8, 4) is 0 Å². The van der Waals surface area contributed by atoms with Crippen LogP contribution in [0.1, 0.15) is 23.6 Å². The Morgan fingerprint density at radius 1 is 0.857 bits per heavy atom. The average molecular weight is 416 g/mol. The number of imide groups is 1. The largest absolute Gasteiger partial charge is 0.274 e. The minimum Gasteiger partial charge on any atom is -0.274 e. The first-order valence-corrected chi connectivity index (χ1v) is 10.2. The molecule has 144 valence electrons. The van der Waals surface area contributed by atoms with Crippen LogP contribution in [0.3, 0.4) is 0 Å². The summed E-state index contributed by atoms with van der Waals surface area (Å²) in [6.07, 6.45) is 0.972. The molecule has 7 heteroatoms. The van der Waals surface area contributed by atoms with Gasteiger partial charge in [0, 0.05) is 13.1 Å². The third kappa shape index (κ3) is 2.47. The lowest BCUT2D eigenvalue weighted by Crippen LogP contribution is -2.44. The molecule has 5 rings (SSSR count). The number of hydrazine groups is 1. The fraction of sp³-hybridized carbons (Fsp3) is 0.333. The van der Waals surface area contributed by atoms with Crippen LogP contribution in [0.2, 0.25) is 10.0 Å². The Labute approximate surface area is 173 Å². The van der Waals surface area contributed by atoms with Gasteiger partial charge in [0.05, 0.1) is 27.7 Å². The minimum absolute atomic E-state index is 0.157. The molecule has 0 bridgehead atoms. The molecule has 28 heavy (non-hydrogen) atoms. The number of halogens is 2. The predicted molar refractivity (Wildman–Crippen MR) is 108 cm³/mol. The number of amides is 2. The summed E-state index contributed by atoms with van der Waals surface area (Å²) in [6.45, 7) is 3.65. The molecule has 2 aromatic carbocycles. The number of anilines is 1. The average Bonchev–Trinajstić information content (AvgIpc) is 3.30. The van der Waals surface area contributed by atoms with E-state index in [1.807, 2.05) is 19.1 Å². The first kappa shape index (κ1) is 18.1. The molecule has 0 aliphatic carbocycles. The smallest absolute Gasteiger partial charge is 0.253 e. The number of para-hydroxylation sites is 1. The van der Waals surface area contributed by atoms with Gasteiger partial charge in [0.1, 0.15) is 6.04 Å². The van der Waals surface area contributed by atoms with Crippen molar-refractivity contribution in [2.45, 2.75) is 25.4 Å². The number of rotatable bonds is 2. The second-order valence-electron chi connectivity index (χ2n) is 7.59. The van der Waals surface area contributed by atoms with Crippen molar-refractivity contribution in [1.82, 2.24) is 10.0 Å². The Morgan fingerprint density at radius 3 is 2.11 bits per heavy atom. The molecule has 0 spiro atoms. The summed E-state index contributed by atoms with van der Waals surface area (Å²) in [6, 6.07) is 12.6. The van der Waals surface area contributed by atoms with Crippen LogP contribution in [0.25, 0.3) is 0 Å². The number of carbonyl (C=O) groups excluding carboxylic acids is 2. The molecule has 3 heterocycles. The second-order valence-corrected chi connectivity index (χ2v) is 8.40. The Kier molecular flexibility index (Phi) is 4.25. The zero-order valence-electron chi connectivity index (χ0n) is 15.3. The van der Waals surface area contributed by atoms with Crippen LogP contribution in [-0.2, 0) is 9.59 Å². The fourth-order valence-corrected chi connectivity index (χ4v) is 5.37. The van der Waals surface area contributed by atoms with Crippen molar-refractivity contribution in [1.29, 1.82) is 0 Å². The summed E-state index contributed by atoms with van der Waals surface area (Å²) < 4.78 is 0. The Bertz CT molecular complexity index is 958. The highest BCUT2D eigenvalue weighted by molar-refractivity contribution is 6.42. The molecule has 0 unspecified atom stereocenters. The van der Waals surface area contributed by atoms with E-state index in [1.54, 1.807) is 18.2 Å². The molecular weight excluding hydrogens is 397 g/mol. The van der Waals surface area contributed by atoms with E-state index in [0.717, 1.165) is 30.6 Å². The van der Waals surface area contributed by atoms with E-state index in [2.05, 4.69) is 22.2 Å². The maximum atomic E-state index is 13.5. The predicted octanol–water partition coefficient (Wildman–Crippen LogP) is 3.84. The minimum atomic E-state index is -0.506. The molecule has 0 N–H and O–H groups in total. The van der Waals surface area contributed by atoms with Crippen LogP contribution in [0, 0.1) is 12.8 Å². The van der Waals surface area contributed by atoms with Crippen LogP contribution in [0.5, 0.6) is 0 Å². The molecule has 3 atom stereocenters. The van der Waals surface area contributed by atoms with E-state index >= 15 is 0 Å². The van der Waals surface area contributed by atoms with Crippen molar-refractivity contribution in [2.75, 3.05) is 18.0 Å². The van der Waals surface area contributed by atoms with Crippen LogP contribution in [0.4, 0.5) is 5.69 Å². The Balaban J connectivity index is 1.62. The Morgan fingerprint density at radius 2 is 1.46 bits per heavy atom. The van der Waals surface area contributed by atoms with Crippen LogP contribution >= 0.6 is 23.2 Å². The zero-order chi connectivity index (χ0) is 19.6. The highest BCUT2D eigenvalue weighted by Crippen LogP contribution is 2.50. The van der Waals surface area contributed by atoms with Gasteiger partial charge in [0.15, 0.2) is 0 Å². The van der Waals surface area contributed by atoms with Gasteiger partial charge in [-0.3, -0.25) is 9.59 Å². The van der Waals surface area contributed by atoms with Gasteiger partial charge in [-0.2, -0.15) is 0 Å². The summed E-state index contributed by atoms with van der Waals surface area (Å²) in [5, 5.41) is 4.88. The van der Waals surface area contributed by atoms with Crippen molar-refractivity contribution in [2.24, 2.45) is 5.92 Å². The van der Waals surface area contributed by atoms with E-state index in [-0.39, 0.29) is 17.9 Å². The molecule has 0 saturated carbocycles. The first-order chi connectivity index (χ1) is 13.5. The van der Waals surface area contributed by atoms with E-state index in [4.69, 9.17) is 23.2 Å². The van der Waals surface area contributed by atoms with Gasteiger partial charge >= 0.3 is 0 Å². The van der Waals surface area contributed by atoms with Crippen LogP contribution in [-0.4, -0.2) is 41.0 Å². The van der Waals surface area contributed by atoms with Gasteiger partial charge in [-0.15, -0.1) is 0 Å². The van der Waals surface area contributed by atoms with Gasteiger partial charge in [-0.25, -0.2) is 14.9 Å². The van der Waals surface area contributed by atoms with Crippen molar-refractivity contribution < 1.29 is 9.59 Å². The fourth-order valence-electron chi connectivity index (χ4n) is 4.80. The molecule has 0 radical (unpaired) electrons. The summed E-state index contributed by atoms with van der Waals surface area (Å²) in [5.41, 5.74) is 2.51. The molecule has 3 aliphatic rings. The highest BCUT2D eigenvalue weighted by Gasteiger charge is 2.63. The van der Waals surface area contributed by atoms with E-state index in [9.17, 15) is 9.59 Å². The van der Waals surface area contributed by atoms with Gasteiger partial charge in [-0.1, -0.05) is 59.1 Å². The van der Waals surface area contributed by atoms with Gasteiger partial charge in [-0.05, 0) is 31.0 Å². The van der Waals surface area contributed by atoms with Crippen LogP contribution < -0.4 is 4.90 Å². The van der Waals surface area contributed by atoms with E-state index in [1.165, 1.54) is 4.90 Å². The molecule has 2 amide bonds. The molecule has 5 nitrogen and oxygen atoms in total. The third-order valence-corrected chi connectivity index (χ3v) is 6.60. The molecule has 3 saturated heterocycles. The maximum absolute atomic E-state index is 13.5. The SMILES string of the molecule is Cc1ccc([C@@H]2[C@H]3C(=O)N(c4c(Cl)cccc4Cl)C(=O)[C@H]3N3CCCN23)cc1. The summed E-state index contributed by atoms with van der Waals surface area (Å²) >= 11 is 12.6. The molecular formula is C21H19Cl2N3O2. The number of hydrogen-bond acceptors (Lipinski definition) is 4. The Hall–Kier alpha value is -1.92. The molecule has 3 aliphatic heterocycles. The number of carbonyl (C=O) groups is 2. The van der Waals surface area contributed by atoms with Gasteiger partial charge in [0.25, 0.3) is 5.91 Å². The number of hydrogen-bond donors (Lipinski definition) is 0. The van der Waals surface area contributed by atoms with Gasteiger partial charge in [0.2, 0.25) is 5.91 Å². The molecule has 3 fully saturated rings. The quantitative estimate of drug-likeness (QED) is 0.698. The second kappa shape index (κ2) is 6.56. The third-order valence-electron chi connectivity index (χ3n) is 5.99. The summed E-state index contributed by atoms with van der Waals surface area (Å²) in [7, 11) is 0. The number of aryl methyl sites for hydroxylation is 1. The highest BCUT2D eigenvalue weighted by atomic mass is 35.5. The molecule has 2 aromatic rings. The number of benzene rings is 2. The van der Waals surface area contributed by atoms with E-state index in [0.29, 0.717) is 15.7 Å². The lowest BCUT2D eigenvalue weighted by molar-refractivity contribution is -0.126. The number of fused-ring (bicyclic) bond motifs is 3. The zero-order valence-corrected chi connectivity index (χ0v) is 16.8. The number of nitrogens with zero attached hydrogens (tertiary/aromatic N) is 3. The maximum Gasteiger partial charge on any atom is 0.253 e. The summed E-state index contributed by atoms with van der Waals surface area (Å²) in [5.74, 6) is -0.945. The van der Waals surface area contributed by atoms with E-state index < -0.39 is 12.0 Å². The first-order valence-electron chi connectivity index (χ1n) is 9.40. The van der Waals surface area contributed by atoms with Crippen molar-refractivity contribution in [3.05, 3.63) is 63.6 Å². The summed E-state index contributed by atoms with van der Waals surface area (Å²) in [4.78, 5) is 28.1. The standard InChI is InChI=1S/C21H19Cl2N3O2/c1-12-6-8-13(9-7-12)17-16-19(25-11-3-10-24(17)25)21(28)26(20(16)27)18-14(22)4-2-5-15(18)23/h2,4-9,16-17,19H,3,10-11H2,1H3/t16-,17-,19+/m1/s1. The topological polar surface area (TPSA) is 43.9 Å². The lowest BCUT2D eigenvalue weighted by atomic mass is 9.89. The monoisotopic (exact) mass is 415 g/mol. The van der Waals surface area contributed by atoms with Gasteiger partial charge < -0.3 is 0 Å². The van der Waals surface area contributed by atoms with Crippen LogP contribution in [0.15, 0.2) is 42.5 Å². The van der Waals surface area contributed by atoms with Crippen molar-refractivity contribution >= 4 is 40.7 Å². The molecule has 0 aromatic heterocycles. The normalized spacial score (nSPS) is 27.5. The van der Waals surface area contributed by atoms with Crippen molar-refractivity contribution in [3.63, 3.8) is 0 Å².